The molecule has 0 radical (unpaired) electrons. The summed E-state index contributed by atoms with van der Waals surface area (Å²) in [6.45, 7) is 0. The van der Waals surface area contributed by atoms with E-state index in [-0.39, 0.29) is 25.0 Å². The van der Waals surface area contributed by atoms with Gasteiger partial charge in [0.1, 0.15) is 5.41 Å². The van der Waals surface area contributed by atoms with Gasteiger partial charge in [0, 0.05) is 34.2 Å². The van der Waals surface area contributed by atoms with Crippen LogP contribution >= 0.6 is 0 Å². The third-order valence-electron chi connectivity index (χ3n) is 2.69. The molecule has 0 amide bonds. The van der Waals surface area contributed by atoms with Crippen LogP contribution in [0.1, 0.15) is 38.5 Å². The molecule has 0 aliphatic rings. The van der Waals surface area contributed by atoms with Gasteiger partial charge in [-0.15, -0.1) is 0 Å². The number of carbonyl (C=O) groups is 1. The van der Waals surface area contributed by atoms with E-state index in [1.165, 1.54) is 0 Å². The minimum Gasteiger partial charge on any atom is -2.00 e. The van der Waals surface area contributed by atoms with Crippen LogP contribution < -0.4 is 0 Å². The summed E-state index contributed by atoms with van der Waals surface area (Å²) >= 11 is 0. The molecule has 0 saturated carbocycles. The van der Waals surface area contributed by atoms with Gasteiger partial charge in [0.25, 0.3) is 5.97 Å². The molecule has 0 rings (SSSR count). The predicted molar refractivity (Wildman–Crippen MR) is 67.1 cm³/mol. The van der Waals surface area contributed by atoms with Crippen molar-refractivity contribution in [3.05, 3.63) is 0 Å². The summed E-state index contributed by atoms with van der Waals surface area (Å²) in [5.74, 6) is -0.895. The maximum absolute atomic E-state index is 10.8. The molecule has 0 aromatic rings. The van der Waals surface area contributed by atoms with E-state index < -0.39 is 5.97 Å². The second-order valence-corrected chi connectivity index (χ2v) is 5.03. The van der Waals surface area contributed by atoms with Gasteiger partial charge in [0.15, 0.2) is 0 Å². The molecule has 0 unspecified atom stereocenters. The first-order valence-electron chi connectivity index (χ1n) is 5.75. The van der Waals surface area contributed by atoms with Gasteiger partial charge in [-0.1, -0.05) is 12.8 Å². The average molecular weight is 330 g/mol. The SMILES string of the molecule is COC(CCCCCCC(=O)[SiH3])(OC)OC.[O-2].[Zn+2]. The fourth-order valence-corrected chi connectivity index (χ4v) is 1.98. The summed E-state index contributed by atoms with van der Waals surface area (Å²) in [5.41, 5.74) is 0. The van der Waals surface area contributed by atoms with Gasteiger partial charge in [0.2, 0.25) is 0 Å². The van der Waals surface area contributed by atoms with Crippen LogP contribution in [0.2, 0.25) is 0 Å². The van der Waals surface area contributed by atoms with Crippen LogP contribution in [0, 0.1) is 0 Å². The van der Waals surface area contributed by atoms with Crippen molar-refractivity contribution < 1.29 is 44.0 Å². The van der Waals surface area contributed by atoms with Gasteiger partial charge < -0.3 is 24.5 Å². The molecule has 18 heavy (non-hydrogen) atoms. The molecule has 5 nitrogen and oxygen atoms in total. The Balaban J connectivity index is -0.00000112. The Labute approximate surface area is 125 Å². The van der Waals surface area contributed by atoms with E-state index in [9.17, 15) is 4.79 Å². The van der Waals surface area contributed by atoms with Crippen LogP contribution in [0.4, 0.5) is 0 Å². The normalized spacial score (nSPS) is 10.6. The topological polar surface area (TPSA) is 73.3 Å². The predicted octanol–water partition coefficient (Wildman–Crippen LogP) is 0.691. The van der Waals surface area contributed by atoms with Gasteiger partial charge in [0.05, 0.1) is 10.2 Å². The number of carbonyl (C=O) groups excluding carboxylic acids is 1. The maximum atomic E-state index is 10.8. The van der Waals surface area contributed by atoms with E-state index in [1.54, 1.807) is 21.3 Å². The zero-order valence-electron chi connectivity index (χ0n) is 12.0. The Bertz CT molecular complexity index is 192. The maximum Gasteiger partial charge on any atom is 2.00 e. The van der Waals surface area contributed by atoms with Crippen LogP contribution in [-0.2, 0) is 44.0 Å². The first-order valence-corrected chi connectivity index (χ1v) is 6.75. The third-order valence-corrected chi connectivity index (χ3v) is 3.19. The van der Waals surface area contributed by atoms with Crippen molar-refractivity contribution in [3.63, 3.8) is 0 Å². The summed E-state index contributed by atoms with van der Waals surface area (Å²) in [4.78, 5) is 10.8. The molecule has 0 atom stereocenters. The first kappa shape index (κ1) is 23.4. The van der Waals surface area contributed by atoms with E-state index in [2.05, 4.69) is 0 Å². The molecule has 0 aliphatic heterocycles. The molecular weight excluding hydrogens is 306 g/mol. The number of rotatable bonds is 10. The third kappa shape index (κ3) is 10.3. The molecule has 7 heteroatoms. The van der Waals surface area contributed by atoms with Crippen LogP contribution in [0.5, 0.6) is 0 Å². The molecule has 0 aromatic heterocycles. The van der Waals surface area contributed by atoms with E-state index in [0.717, 1.165) is 32.1 Å². The van der Waals surface area contributed by atoms with Gasteiger partial charge in [-0.05, 0) is 12.8 Å². The zero-order chi connectivity index (χ0) is 12.4. The van der Waals surface area contributed by atoms with Crippen molar-refractivity contribution in [1.82, 2.24) is 0 Å². The second kappa shape index (κ2) is 13.8. The zero-order valence-corrected chi connectivity index (χ0v) is 17.0. The number of methoxy groups -OCH3 is 3. The molecule has 104 valence electrons. The minimum absolute atomic E-state index is 0. The summed E-state index contributed by atoms with van der Waals surface area (Å²) in [6.07, 6.45) is 5.60. The molecule has 0 aliphatic carbocycles. The van der Waals surface area contributed by atoms with Crippen molar-refractivity contribution in [1.29, 1.82) is 0 Å². The number of hydrogen-bond donors (Lipinski definition) is 0. The Kier molecular flexibility index (Phi) is 17.9. The van der Waals surface area contributed by atoms with Crippen LogP contribution in [0.15, 0.2) is 0 Å². The molecule has 0 spiro atoms. The molecule has 0 heterocycles. The Morgan fingerprint density at radius 3 is 1.83 bits per heavy atom. The largest absolute Gasteiger partial charge is 2.00 e. The monoisotopic (exact) mass is 328 g/mol. The molecule has 0 fully saturated rings. The van der Waals surface area contributed by atoms with Crippen LogP contribution in [0.3, 0.4) is 0 Å². The quantitative estimate of drug-likeness (QED) is 0.336. The molecule has 0 saturated heterocycles. The van der Waals surface area contributed by atoms with Gasteiger partial charge >= 0.3 is 19.5 Å². The minimum atomic E-state index is -0.895. The van der Waals surface area contributed by atoms with Crippen molar-refractivity contribution in [2.45, 2.75) is 44.5 Å². The van der Waals surface area contributed by atoms with Gasteiger partial charge in [-0.25, -0.2) is 0 Å². The van der Waals surface area contributed by atoms with E-state index in [4.69, 9.17) is 14.2 Å². The second-order valence-electron chi connectivity index (χ2n) is 3.91. The van der Waals surface area contributed by atoms with Crippen molar-refractivity contribution in [3.8, 4) is 0 Å². The summed E-state index contributed by atoms with van der Waals surface area (Å²) in [7, 11) is 5.41. The first-order chi connectivity index (χ1) is 7.60. The molecule has 0 bridgehead atoms. The fourth-order valence-electron chi connectivity index (χ4n) is 1.63. The standard InChI is InChI=1S/C11H24O4Si.O.Zn/c1-13-11(14-2,15-3)9-7-5-4-6-8-10(12)16;;/h4-9H2,1-3,16H3;;/q;-2;+2. The Morgan fingerprint density at radius 1 is 1.00 bits per heavy atom. The molecule has 0 aromatic carbocycles. The summed E-state index contributed by atoms with van der Waals surface area (Å²) in [6, 6.07) is 0. The van der Waals surface area contributed by atoms with Gasteiger partial charge in [-0.3, -0.25) is 0 Å². The average Bonchev–Trinajstić information content (AvgIpc) is 2.29. The van der Waals surface area contributed by atoms with Crippen LogP contribution in [-0.4, -0.2) is 43.0 Å². The fraction of sp³-hybridized carbons (Fsp3) is 0.909. The Morgan fingerprint density at radius 2 is 1.44 bits per heavy atom. The van der Waals surface area contributed by atoms with E-state index >= 15 is 0 Å². The van der Waals surface area contributed by atoms with Crippen LogP contribution in [0.25, 0.3) is 0 Å². The Hall–Kier alpha value is 0.350. The number of unbranched alkanes of at least 4 members (excludes halogenated alkanes) is 3. The van der Waals surface area contributed by atoms with E-state index in [0.29, 0.717) is 22.1 Å². The number of hydrogen-bond acceptors (Lipinski definition) is 4. The summed E-state index contributed by atoms with van der Waals surface area (Å²) < 4.78 is 15.6. The van der Waals surface area contributed by atoms with E-state index in [1.807, 2.05) is 0 Å². The van der Waals surface area contributed by atoms with Crippen molar-refractivity contribution in [2.24, 2.45) is 0 Å². The van der Waals surface area contributed by atoms with Crippen molar-refractivity contribution >= 4 is 15.6 Å². The number of ether oxygens (including phenoxy) is 3. The van der Waals surface area contributed by atoms with Crippen molar-refractivity contribution in [2.75, 3.05) is 21.3 Å². The summed E-state index contributed by atoms with van der Waals surface area (Å²) in [5, 5.41) is 0.403. The molecule has 0 N–H and O–H groups in total. The smallest absolute Gasteiger partial charge is 2.00 e. The molecular formula is C11H24O5SiZn. The van der Waals surface area contributed by atoms with Gasteiger partial charge in [-0.2, -0.15) is 0 Å².